The molecule has 0 bridgehead atoms. The SMILES string of the molecule is CC(C)=c1ccc2c(c1C1=CC(CCCO)=CC1)C=c1ccccc1=2. The zero-order valence-corrected chi connectivity index (χ0v) is 15.0. The van der Waals surface area contributed by atoms with E-state index in [1.165, 1.54) is 48.7 Å². The maximum absolute atomic E-state index is 9.10. The van der Waals surface area contributed by atoms with Crippen molar-refractivity contribution < 1.29 is 5.11 Å². The Labute approximate surface area is 148 Å². The predicted octanol–water partition coefficient (Wildman–Crippen LogP) is 3.79. The van der Waals surface area contributed by atoms with Gasteiger partial charge in [0.2, 0.25) is 0 Å². The first-order valence-corrected chi connectivity index (χ1v) is 9.11. The highest BCUT2D eigenvalue weighted by atomic mass is 16.2. The minimum Gasteiger partial charge on any atom is -0.396 e. The van der Waals surface area contributed by atoms with Crippen molar-refractivity contribution in [2.24, 2.45) is 0 Å². The van der Waals surface area contributed by atoms with Crippen LogP contribution in [0.2, 0.25) is 0 Å². The maximum atomic E-state index is 9.10. The number of rotatable bonds is 4. The van der Waals surface area contributed by atoms with E-state index in [-0.39, 0.29) is 6.61 Å². The van der Waals surface area contributed by atoms with Crippen molar-refractivity contribution >= 4 is 17.2 Å². The first-order valence-electron chi connectivity index (χ1n) is 9.11. The van der Waals surface area contributed by atoms with Gasteiger partial charge in [-0.05, 0) is 76.8 Å². The van der Waals surface area contributed by atoms with Crippen molar-refractivity contribution in [1.82, 2.24) is 0 Å². The minimum atomic E-state index is 0.261. The van der Waals surface area contributed by atoms with Crippen molar-refractivity contribution in [3.8, 4) is 0 Å². The van der Waals surface area contributed by atoms with Crippen LogP contribution in [0, 0.1) is 10.4 Å². The van der Waals surface area contributed by atoms with Gasteiger partial charge in [-0.15, -0.1) is 0 Å². The Hall–Kier alpha value is -2.38. The molecule has 1 heteroatoms. The largest absolute Gasteiger partial charge is 0.396 e. The van der Waals surface area contributed by atoms with Crippen molar-refractivity contribution in [3.63, 3.8) is 0 Å². The average Bonchev–Trinajstić information content (AvgIpc) is 3.23. The van der Waals surface area contributed by atoms with Gasteiger partial charge < -0.3 is 5.11 Å². The Kier molecular flexibility index (Phi) is 4.19. The standard InChI is InChI=1S/C24H24O/c1-16(2)20-11-12-22-21-8-4-3-7-18(21)15-23(22)24(20)19-10-9-17(14-19)6-5-13-25/h3-4,7-9,11-12,14-15,25H,5-6,10,13H2,1-2H3. The second-order valence-corrected chi connectivity index (χ2v) is 7.16. The summed E-state index contributed by atoms with van der Waals surface area (Å²) < 4.78 is 0. The van der Waals surface area contributed by atoms with Gasteiger partial charge in [0.1, 0.15) is 0 Å². The van der Waals surface area contributed by atoms with Crippen molar-refractivity contribution in [3.05, 3.63) is 86.1 Å². The quantitative estimate of drug-likeness (QED) is 0.772. The Morgan fingerprint density at radius 2 is 1.84 bits per heavy atom. The molecule has 0 unspecified atom stereocenters. The number of hydrogen-bond donors (Lipinski definition) is 1. The average molecular weight is 328 g/mol. The third-order valence-electron chi connectivity index (χ3n) is 5.22. The first kappa shape index (κ1) is 16.1. The number of aliphatic hydroxyl groups is 1. The summed E-state index contributed by atoms with van der Waals surface area (Å²) >= 11 is 0. The molecule has 0 aliphatic heterocycles. The molecule has 0 atom stereocenters. The van der Waals surface area contributed by atoms with Crippen LogP contribution in [0.15, 0.2) is 54.1 Å². The molecule has 1 N–H and O–H groups in total. The van der Waals surface area contributed by atoms with Gasteiger partial charge in [0.05, 0.1) is 0 Å². The van der Waals surface area contributed by atoms with Crippen LogP contribution < -0.4 is 10.4 Å². The van der Waals surface area contributed by atoms with Crippen LogP contribution in [-0.2, 0) is 0 Å². The van der Waals surface area contributed by atoms with Crippen molar-refractivity contribution in [2.75, 3.05) is 6.61 Å². The predicted molar refractivity (Wildman–Crippen MR) is 105 cm³/mol. The van der Waals surface area contributed by atoms with E-state index < -0.39 is 0 Å². The van der Waals surface area contributed by atoms with Gasteiger partial charge in [0.15, 0.2) is 0 Å². The van der Waals surface area contributed by atoms with E-state index in [1.807, 2.05) is 0 Å². The van der Waals surface area contributed by atoms with E-state index in [0.717, 1.165) is 19.3 Å². The van der Waals surface area contributed by atoms with Crippen molar-refractivity contribution in [2.45, 2.75) is 33.1 Å². The molecule has 0 saturated carbocycles. The molecule has 2 aliphatic carbocycles. The zero-order chi connectivity index (χ0) is 17.4. The highest BCUT2D eigenvalue weighted by Crippen LogP contribution is 2.31. The highest BCUT2D eigenvalue weighted by molar-refractivity contribution is 5.81. The van der Waals surface area contributed by atoms with E-state index in [2.05, 4.69) is 68.5 Å². The molecule has 0 fully saturated rings. The maximum Gasteiger partial charge on any atom is 0.0434 e. The van der Waals surface area contributed by atoms with Crippen LogP contribution in [-0.4, -0.2) is 11.7 Å². The molecule has 0 saturated heterocycles. The summed E-state index contributed by atoms with van der Waals surface area (Å²) in [7, 11) is 0. The van der Waals surface area contributed by atoms with E-state index in [1.54, 1.807) is 0 Å². The van der Waals surface area contributed by atoms with Crippen LogP contribution in [0.1, 0.15) is 44.2 Å². The molecule has 0 amide bonds. The normalized spacial score (nSPS) is 14.5. The number of fused-ring (bicyclic) bond motifs is 2. The topological polar surface area (TPSA) is 20.2 Å². The Bertz CT molecular complexity index is 1110. The van der Waals surface area contributed by atoms with Gasteiger partial charge in [-0.25, -0.2) is 0 Å². The molecule has 4 rings (SSSR count). The molecule has 0 heterocycles. The fourth-order valence-corrected chi connectivity index (χ4v) is 4.00. The minimum absolute atomic E-state index is 0.261. The van der Waals surface area contributed by atoms with E-state index in [4.69, 9.17) is 5.11 Å². The fourth-order valence-electron chi connectivity index (χ4n) is 4.00. The lowest BCUT2D eigenvalue weighted by Gasteiger charge is -2.10. The molecule has 2 aromatic carbocycles. The molecule has 2 aliphatic rings. The fraction of sp³-hybridized carbons (Fsp3) is 0.250. The molecule has 0 radical (unpaired) electrons. The smallest absolute Gasteiger partial charge is 0.0434 e. The van der Waals surface area contributed by atoms with Crippen LogP contribution in [0.5, 0.6) is 0 Å². The molecular weight excluding hydrogens is 304 g/mol. The van der Waals surface area contributed by atoms with Crippen LogP contribution in [0.3, 0.4) is 0 Å². The molecule has 126 valence electrons. The summed E-state index contributed by atoms with van der Waals surface area (Å²) in [5.74, 6) is 0. The second kappa shape index (κ2) is 6.50. The van der Waals surface area contributed by atoms with Gasteiger partial charge >= 0.3 is 0 Å². The van der Waals surface area contributed by atoms with Crippen LogP contribution in [0.25, 0.3) is 17.2 Å². The van der Waals surface area contributed by atoms with Gasteiger partial charge in [-0.2, -0.15) is 0 Å². The summed E-state index contributed by atoms with van der Waals surface area (Å²) in [5.41, 5.74) is 6.88. The summed E-state index contributed by atoms with van der Waals surface area (Å²) in [6.07, 6.45) is 9.80. The molecule has 0 spiro atoms. The number of benzene rings is 2. The third kappa shape index (κ3) is 2.79. The van der Waals surface area contributed by atoms with E-state index in [9.17, 15) is 0 Å². The summed E-state index contributed by atoms with van der Waals surface area (Å²) in [6.45, 7) is 4.66. The van der Waals surface area contributed by atoms with Gasteiger partial charge in [0, 0.05) is 6.61 Å². The number of aliphatic hydroxyl groups excluding tert-OH is 1. The number of hydrogen-bond acceptors (Lipinski definition) is 1. The second-order valence-electron chi connectivity index (χ2n) is 7.16. The monoisotopic (exact) mass is 328 g/mol. The van der Waals surface area contributed by atoms with E-state index in [0.29, 0.717) is 0 Å². The van der Waals surface area contributed by atoms with E-state index >= 15 is 0 Å². The lowest BCUT2D eigenvalue weighted by atomic mass is 9.93. The van der Waals surface area contributed by atoms with Gasteiger partial charge in [-0.1, -0.05) is 59.7 Å². The third-order valence-corrected chi connectivity index (χ3v) is 5.22. The summed E-state index contributed by atoms with van der Waals surface area (Å²) in [6, 6.07) is 13.2. The molecule has 25 heavy (non-hydrogen) atoms. The van der Waals surface area contributed by atoms with Gasteiger partial charge in [0.25, 0.3) is 0 Å². The lowest BCUT2D eigenvalue weighted by molar-refractivity contribution is 0.289. The summed E-state index contributed by atoms with van der Waals surface area (Å²) in [5, 5.41) is 14.5. The molecule has 2 aromatic rings. The highest BCUT2D eigenvalue weighted by Gasteiger charge is 2.16. The zero-order valence-electron chi connectivity index (χ0n) is 15.0. The Balaban J connectivity index is 1.95. The van der Waals surface area contributed by atoms with Crippen molar-refractivity contribution in [1.29, 1.82) is 0 Å². The molecular formula is C24H24O. The van der Waals surface area contributed by atoms with Gasteiger partial charge in [-0.3, -0.25) is 0 Å². The first-order chi connectivity index (χ1) is 12.2. The molecule has 1 nitrogen and oxygen atoms in total. The van der Waals surface area contributed by atoms with Crippen LogP contribution in [0.4, 0.5) is 0 Å². The summed E-state index contributed by atoms with van der Waals surface area (Å²) in [4.78, 5) is 0. The molecule has 0 aromatic heterocycles. The number of allylic oxidation sites excluding steroid dienone is 4. The van der Waals surface area contributed by atoms with Crippen LogP contribution >= 0.6 is 0 Å². The lowest BCUT2D eigenvalue weighted by Crippen LogP contribution is -2.12. The Morgan fingerprint density at radius 3 is 2.64 bits per heavy atom. The Morgan fingerprint density at radius 1 is 1.00 bits per heavy atom.